The quantitative estimate of drug-likeness (QED) is 0.280. The van der Waals surface area contributed by atoms with Gasteiger partial charge in [0, 0.05) is 19.9 Å². The van der Waals surface area contributed by atoms with E-state index in [4.69, 9.17) is 21.3 Å². The molecular weight excluding hydrogens is 535 g/mol. The van der Waals surface area contributed by atoms with E-state index in [9.17, 15) is 8.78 Å². The van der Waals surface area contributed by atoms with Crippen molar-refractivity contribution in [3.05, 3.63) is 92.5 Å². The van der Waals surface area contributed by atoms with Crippen LogP contribution in [0, 0.1) is 3.57 Å². The summed E-state index contributed by atoms with van der Waals surface area (Å²) in [7, 11) is 0. The Labute approximate surface area is 195 Å². The van der Waals surface area contributed by atoms with Gasteiger partial charge in [-0.05, 0) is 76.7 Å². The normalized spacial score (nSPS) is 15.5. The van der Waals surface area contributed by atoms with Crippen molar-refractivity contribution in [2.75, 3.05) is 5.32 Å². The first-order valence-corrected chi connectivity index (χ1v) is 10.9. The van der Waals surface area contributed by atoms with Crippen LogP contribution in [0.5, 0.6) is 5.75 Å². The lowest BCUT2D eigenvalue weighted by Gasteiger charge is -2.28. The Hall–Kier alpha value is -2.65. The largest absolute Gasteiger partial charge is 0.434 e. The number of ether oxygens (including phenoxy) is 1. The third-order valence-corrected chi connectivity index (χ3v) is 6.06. The molecule has 156 valence electrons. The number of hydrogen-bond acceptors (Lipinski definition) is 3. The number of aromatic nitrogens is 2. The van der Waals surface area contributed by atoms with Crippen LogP contribution in [0.15, 0.2) is 72.8 Å². The van der Waals surface area contributed by atoms with E-state index < -0.39 is 12.7 Å². The summed E-state index contributed by atoms with van der Waals surface area (Å²) in [5, 5.41) is 3.82. The summed E-state index contributed by atoms with van der Waals surface area (Å²) in [4.78, 5) is 4.72. The summed E-state index contributed by atoms with van der Waals surface area (Å²) < 4.78 is 34.2. The highest BCUT2D eigenvalue weighted by molar-refractivity contribution is 14.1. The van der Waals surface area contributed by atoms with Crippen LogP contribution in [-0.4, -0.2) is 16.2 Å². The molecule has 0 radical (unpaired) electrons. The molecule has 1 unspecified atom stereocenters. The van der Waals surface area contributed by atoms with E-state index in [1.54, 1.807) is 12.1 Å². The number of benzene rings is 3. The molecule has 1 atom stereocenters. The third-order valence-electron chi connectivity index (χ3n) is 5.11. The molecule has 5 rings (SSSR count). The summed E-state index contributed by atoms with van der Waals surface area (Å²) >= 11 is 8.51. The van der Waals surface area contributed by atoms with Gasteiger partial charge in [0.1, 0.15) is 5.75 Å². The van der Waals surface area contributed by atoms with Crippen molar-refractivity contribution in [1.82, 2.24) is 9.55 Å². The molecule has 1 aliphatic rings. The van der Waals surface area contributed by atoms with E-state index in [0.717, 1.165) is 25.9 Å². The fourth-order valence-electron chi connectivity index (χ4n) is 3.79. The highest BCUT2D eigenvalue weighted by Crippen LogP contribution is 2.41. The molecule has 0 spiro atoms. The molecule has 0 bridgehead atoms. The zero-order chi connectivity index (χ0) is 21.5. The molecule has 0 amide bonds. The Morgan fingerprint density at radius 1 is 1.06 bits per heavy atom. The lowest BCUT2D eigenvalue weighted by Crippen LogP contribution is -2.20. The number of nitrogens with zero attached hydrogens (tertiary/aromatic N) is 2. The zero-order valence-corrected chi connectivity index (χ0v) is 18.8. The summed E-state index contributed by atoms with van der Waals surface area (Å²) in [6, 6.07) is 19.9. The van der Waals surface area contributed by atoms with Gasteiger partial charge in [0.2, 0.25) is 5.95 Å². The van der Waals surface area contributed by atoms with Crippen LogP contribution in [0.1, 0.15) is 17.2 Å². The molecule has 4 nitrogen and oxygen atoms in total. The second-order valence-electron chi connectivity index (χ2n) is 7.01. The van der Waals surface area contributed by atoms with Gasteiger partial charge in [-0.1, -0.05) is 35.9 Å². The number of rotatable bonds is 4. The molecule has 1 aliphatic heterocycles. The molecule has 2 heterocycles. The lowest BCUT2D eigenvalue weighted by atomic mass is 10.00. The van der Waals surface area contributed by atoms with Crippen LogP contribution in [0.2, 0.25) is 5.02 Å². The topological polar surface area (TPSA) is 39.1 Å². The molecule has 0 fully saturated rings. The number of fused-ring (bicyclic) bond motifs is 3. The average molecular weight is 550 g/mol. The number of para-hydroxylation sites is 2. The number of imidazole rings is 1. The van der Waals surface area contributed by atoms with Gasteiger partial charge in [-0.3, -0.25) is 4.57 Å². The Balaban J connectivity index is 1.74. The molecule has 3 aromatic carbocycles. The SMILES string of the molecule is FC(F)Oc1ccc(Cl)cc1C1C=C(c2ccc(I)cc2)Nc2nc3ccccc3n21. The summed E-state index contributed by atoms with van der Waals surface area (Å²) in [6.07, 6.45) is 1.98. The molecule has 0 saturated carbocycles. The average Bonchev–Trinajstić information content (AvgIpc) is 3.13. The maximum absolute atomic E-state index is 13.1. The van der Waals surface area contributed by atoms with Gasteiger partial charge in [-0.15, -0.1) is 0 Å². The van der Waals surface area contributed by atoms with Crippen molar-refractivity contribution in [2.45, 2.75) is 12.7 Å². The number of hydrogen-bond donors (Lipinski definition) is 1. The van der Waals surface area contributed by atoms with Gasteiger partial charge in [-0.2, -0.15) is 8.78 Å². The molecule has 1 N–H and O–H groups in total. The van der Waals surface area contributed by atoms with Gasteiger partial charge in [0.15, 0.2) is 0 Å². The fourth-order valence-corrected chi connectivity index (χ4v) is 4.33. The zero-order valence-electron chi connectivity index (χ0n) is 15.9. The molecular formula is C23H15ClF2IN3O. The predicted molar refractivity (Wildman–Crippen MR) is 127 cm³/mol. The van der Waals surface area contributed by atoms with E-state index in [1.807, 2.05) is 59.2 Å². The van der Waals surface area contributed by atoms with Crippen LogP contribution in [0.3, 0.4) is 0 Å². The van der Waals surface area contributed by atoms with Crippen LogP contribution in [-0.2, 0) is 0 Å². The van der Waals surface area contributed by atoms with Crippen LogP contribution in [0.4, 0.5) is 14.7 Å². The highest BCUT2D eigenvalue weighted by Gasteiger charge is 2.28. The number of halogens is 4. The molecule has 0 saturated heterocycles. The lowest BCUT2D eigenvalue weighted by molar-refractivity contribution is -0.0505. The van der Waals surface area contributed by atoms with Gasteiger partial charge in [-0.25, -0.2) is 4.98 Å². The van der Waals surface area contributed by atoms with Crippen LogP contribution >= 0.6 is 34.2 Å². The second-order valence-corrected chi connectivity index (χ2v) is 8.69. The Bertz CT molecular complexity index is 1300. The van der Waals surface area contributed by atoms with Crippen molar-refractivity contribution in [3.63, 3.8) is 0 Å². The summed E-state index contributed by atoms with van der Waals surface area (Å²) in [6.45, 7) is -2.94. The van der Waals surface area contributed by atoms with E-state index >= 15 is 0 Å². The van der Waals surface area contributed by atoms with E-state index in [-0.39, 0.29) is 5.75 Å². The minimum atomic E-state index is -2.94. The first-order chi connectivity index (χ1) is 15.0. The Morgan fingerprint density at radius 3 is 2.61 bits per heavy atom. The second kappa shape index (κ2) is 8.12. The van der Waals surface area contributed by atoms with Crippen molar-refractivity contribution in [2.24, 2.45) is 0 Å². The molecule has 1 aromatic heterocycles. The standard InChI is InChI=1S/C23H15ClF2IN3O/c24-14-7-10-21(31-22(25)26)16(11-14)20-12-18(13-5-8-15(27)9-6-13)29-23-28-17-3-1-2-4-19(17)30(20)23/h1-12,20,22H,(H,28,29). The maximum atomic E-state index is 13.1. The van der Waals surface area contributed by atoms with Crippen molar-refractivity contribution < 1.29 is 13.5 Å². The van der Waals surface area contributed by atoms with Gasteiger partial charge in [0.05, 0.1) is 17.1 Å². The van der Waals surface area contributed by atoms with E-state index in [0.29, 0.717) is 16.5 Å². The van der Waals surface area contributed by atoms with Crippen molar-refractivity contribution >= 4 is 56.9 Å². The Kier molecular flexibility index (Phi) is 5.31. The highest BCUT2D eigenvalue weighted by atomic mass is 127. The van der Waals surface area contributed by atoms with Gasteiger partial charge in [0.25, 0.3) is 0 Å². The molecule has 8 heteroatoms. The fraction of sp³-hybridized carbons (Fsp3) is 0.0870. The first kappa shape index (κ1) is 20.3. The van der Waals surface area contributed by atoms with Gasteiger partial charge >= 0.3 is 6.61 Å². The van der Waals surface area contributed by atoms with Crippen molar-refractivity contribution in [3.8, 4) is 5.75 Å². The number of anilines is 1. The molecule has 31 heavy (non-hydrogen) atoms. The maximum Gasteiger partial charge on any atom is 0.387 e. The monoisotopic (exact) mass is 549 g/mol. The third kappa shape index (κ3) is 3.87. The minimum Gasteiger partial charge on any atom is -0.434 e. The van der Waals surface area contributed by atoms with Crippen LogP contribution in [0.25, 0.3) is 16.7 Å². The number of allylic oxidation sites excluding steroid dienone is 1. The number of alkyl halides is 2. The summed E-state index contributed by atoms with van der Waals surface area (Å²) in [5.74, 6) is 0.693. The predicted octanol–water partition coefficient (Wildman–Crippen LogP) is 6.95. The molecule has 0 aliphatic carbocycles. The Morgan fingerprint density at radius 2 is 1.84 bits per heavy atom. The van der Waals surface area contributed by atoms with E-state index in [1.165, 1.54) is 6.07 Å². The number of nitrogens with one attached hydrogen (secondary N) is 1. The minimum absolute atomic E-state index is 0.0771. The van der Waals surface area contributed by atoms with E-state index in [2.05, 4.69) is 27.9 Å². The first-order valence-electron chi connectivity index (χ1n) is 9.45. The van der Waals surface area contributed by atoms with Gasteiger partial charge < -0.3 is 10.1 Å². The van der Waals surface area contributed by atoms with Crippen LogP contribution < -0.4 is 10.1 Å². The smallest absolute Gasteiger partial charge is 0.387 e. The van der Waals surface area contributed by atoms with Crippen molar-refractivity contribution in [1.29, 1.82) is 0 Å². The molecule has 4 aromatic rings. The summed E-state index contributed by atoms with van der Waals surface area (Å²) in [5.41, 5.74) is 3.98.